The molecule has 0 bridgehead atoms. The molecule has 1 N–H and O–H groups in total. The van der Waals surface area contributed by atoms with Gasteiger partial charge < -0.3 is 5.32 Å². The zero-order valence-corrected chi connectivity index (χ0v) is 12.0. The van der Waals surface area contributed by atoms with Gasteiger partial charge in [-0.05, 0) is 48.9 Å². The van der Waals surface area contributed by atoms with E-state index < -0.39 is 10.0 Å². The van der Waals surface area contributed by atoms with Crippen LogP contribution in [0.1, 0.15) is 24.8 Å². The number of benzene rings is 1. The first kappa shape index (κ1) is 12.9. The highest BCUT2D eigenvalue weighted by Crippen LogP contribution is 2.30. The molecule has 4 nitrogen and oxygen atoms in total. The smallest absolute Gasteiger partial charge is 0.242 e. The maximum Gasteiger partial charge on any atom is 0.242 e. The molecule has 1 fully saturated rings. The summed E-state index contributed by atoms with van der Waals surface area (Å²) in [6.07, 6.45) is 4.47. The Hall–Kier alpha value is -1.07. The minimum Gasteiger partial charge on any atom is -0.384 e. The van der Waals surface area contributed by atoms with E-state index in [1.807, 2.05) is 12.1 Å². The molecule has 0 spiro atoms. The third kappa shape index (κ3) is 2.37. The van der Waals surface area contributed by atoms with E-state index in [4.69, 9.17) is 0 Å². The molecular weight excluding hydrogens is 260 g/mol. The van der Waals surface area contributed by atoms with Crippen LogP contribution in [-0.2, 0) is 16.4 Å². The summed E-state index contributed by atoms with van der Waals surface area (Å²) in [5.74, 6) is 0.552. The van der Waals surface area contributed by atoms with Gasteiger partial charge in [-0.15, -0.1) is 0 Å². The highest BCUT2D eigenvalue weighted by Gasteiger charge is 2.27. The standard InChI is InChI=1S/C14H20N2O2S/c1-16(10-11-3-2-4-11)19(17,18)13-5-6-14-12(9-13)7-8-15-14/h5-6,9,11,15H,2-4,7-8,10H2,1H3. The van der Waals surface area contributed by atoms with Crippen molar-refractivity contribution in [1.29, 1.82) is 0 Å². The predicted molar refractivity (Wildman–Crippen MR) is 75.8 cm³/mol. The number of anilines is 1. The zero-order chi connectivity index (χ0) is 13.5. The van der Waals surface area contributed by atoms with Crippen molar-refractivity contribution < 1.29 is 8.42 Å². The first-order valence-electron chi connectivity index (χ1n) is 6.90. The van der Waals surface area contributed by atoms with Gasteiger partial charge in [-0.1, -0.05) is 6.42 Å². The number of nitrogens with one attached hydrogen (secondary N) is 1. The average Bonchev–Trinajstić information content (AvgIpc) is 2.80. The molecule has 0 saturated heterocycles. The molecule has 1 aliphatic carbocycles. The van der Waals surface area contributed by atoms with Crippen molar-refractivity contribution in [1.82, 2.24) is 4.31 Å². The summed E-state index contributed by atoms with van der Waals surface area (Å²) in [4.78, 5) is 0.428. The van der Waals surface area contributed by atoms with Gasteiger partial charge in [0.2, 0.25) is 10.0 Å². The van der Waals surface area contributed by atoms with Gasteiger partial charge in [-0.3, -0.25) is 0 Å². The van der Waals surface area contributed by atoms with Crippen molar-refractivity contribution in [2.24, 2.45) is 5.92 Å². The van der Waals surface area contributed by atoms with E-state index in [0.717, 1.165) is 37.1 Å². The Morgan fingerprint density at radius 3 is 2.84 bits per heavy atom. The molecule has 19 heavy (non-hydrogen) atoms. The van der Waals surface area contributed by atoms with E-state index in [-0.39, 0.29) is 0 Å². The molecule has 1 heterocycles. The topological polar surface area (TPSA) is 49.4 Å². The molecule has 0 amide bonds. The average molecular weight is 280 g/mol. The second-order valence-corrected chi connectivity index (χ2v) is 7.62. The lowest BCUT2D eigenvalue weighted by atomic mass is 9.86. The number of hydrogen-bond acceptors (Lipinski definition) is 3. The third-order valence-electron chi connectivity index (χ3n) is 4.23. The number of sulfonamides is 1. The molecule has 1 aromatic carbocycles. The van der Waals surface area contributed by atoms with Crippen molar-refractivity contribution in [3.05, 3.63) is 23.8 Å². The molecule has 1 aliphatic heterocycles. The van der Waals surface area contributed by atoms with Crippen LogP contribution in [-0.4, -0.2) is 32.9 Å². The van der Waals surface area contributed by atoms with E-state index in [1.54, 1.807) is 13.1 Å². The second-order valence-electron chi connectivity index (χ2n) is 5.58. The number of hydrogen-bond donors (Lipinski definition) is 1. The van der Waals surface area contributed by atoms with Crippen LogP contribution in [0.25, 0.3) is 0 Å². The van der Waals surface area contributed by atoms with Crippen molar-refractivity contribution in [2.45, 2.75) is 30.6 Å². The number of rotatable bonds is 4. The minimum absolute atomic E-state index is 0.428. The quantitative estimate of drug-likeness (QED) is 0.918. The third-order valence-corrected chi connectivity index (χ3v) is 6.05. The summed E-state index contributed by atoms with van der Waals surface area (Å²) in [7, 11) is -1.63. The largest absolute Gasteiger partial charge is 0.384 e. The normalized spacial score (nSPS) is 19.1. The van der Waals surface area contributed by atoms with Crippen LogP contribution in [0, 0.1) is 5.92 Å². The van der Waals surface area contributed by atoms with Crippen molar-refractivity contribution in [3.8, 4) is 0 Å². The maximum atomic E-state index is 12.5. The summed E-state index contributed by atoms with van der Waals surface area (Å²) < 4.78 is 26.5. The molecule has 0 unspecified atom stereocenters. The van der Waals surface area contributed by atoms with Crippen molar-refractivity contribution >= 4 is 15.7 Å². The van der Waals surface area contributed by atoms with Crippen molar-refractivity contribution in [2.75, 3.05) is 25.5 Å². The molecular formula is C14H20N2O2S. The van der Waals surface area contributed by atoms with Gasteiger partial charge in [0.15, 0.2) is 0 Å². The van der Waals surface area contributed by atoms with Crippen LogP contribution in [0.3, 0.4) is 0 Å². The van der Waals surface area contributed by atoms with E-state index in [1.165, 1.54) is 10.7 Å². The van der Waals surface area contributed by atoms with E-state index in [9.17, 15) is 8.42 Å². The maximum absolute atomic E-state index is 12.5. The van der Waals surface area contributed by atoms with Gasteiger partial charge in [-0.2, -0.15) is 0 Å². The van der Waals surface area contributed by atoms with E-state index in [2.05, 4.69) is 5.32 Å². The van der Waals surface area contributed by atoms with Gasteiger partial charge in [0.1, 0.15) is 0 Å². The summed E-state index contributed by atoms with van der Waals surface area (Å²) in [6, 6.07) is 5.41. The second kappa shape index (κ2) is 4.80. The summed E-state index contributed by atoms with van der Waals surface area (Å²) in [5, 5.41) is 3.25. The Morgan fingerprint density at radius 2 is 2.16 bits per heavy atom. The summed E-state index contributed by atoms with van der Waals surface area (Å²) in [6.45, 7) is 1.55. The lowest BCUT2D eigenvalue weighted by Gasteiger charge is -2.29. The molecule has 1 aromatic rings. The van der Waals surface area contributed by atoms with Crippen LogP contribution in [0.4, 0.5) is 5.69 Å². The molecule has 0 aromatic heterocycles. The molecule has 5 heteroatoms. The minimum atomic E-state index is -3.33. The molecule has 1 saturated carbocycles. The van der Waals surface area contributed by atoms with Crippen LogP contribution < -0.4 is 5.32 Å². The van der Waals surface area contributed by atoms with Crippen LogP contribution in [0.2, 0.25) is 0 Å². The van der Waals surface area contributed by atoms with Crippen molar-refractivity contribution in [3.63, 3.8) is 0 Å². The summed E-state index contributed by atoms with van der Waals surface area (Å²) >= 11 is 0. The molecule has 2 aliphatic rings. The van der Waals surface area contributed by atoms with Gasteiger partial charge in [0, 0.05) is 25.8 Å². The Balaban J connectivity index is 1.82. The van der Waals surface area contributed by atoms with Crippen LogP contribution in [0.15, 0.2) is 23.1 Å². The van der Waals surface area contributed by atoms with Gasteiger partial charge in [-0.25, -0.2) is 12.7 Å². The molecule has 3 rings (SSSR count). The van der Waals surface area contributed by atoms with Gasteiger partial charge in [0.05, 0.1) is 4.90 Å². The Morgan fingerprint density at radius 1 is 1.37 bits per heavy atom. The monoisotopic (exact) mass is 280 g/mol. The van der Waals surface area contributed by atoms with E-state index >= 15 is 0 Å². The first-order chi connectivity index (χ1) is 9.07. The SMILES string of the molecule is CN(CC1CCC1)S(=O)(=O)c1ccc2c(c1)CCN2. The number of nitrogens with zero attached hydrogens (tertiary/aromatic N) is 1. The van der Waals surface area contributed by atoms with E-state index in [0.29, 0.717) is 17.4 Å². The lowest BCUT2D eigenvalue weighted by Crippen LogP contribution is -2.34. The fourth-order valence-corrected chi connectivity index (χ4v) is 4.06. The molecule has 0 atom stereocenters. The van der Waals surface area contributed by atoms with Crippen LogP contribution in [0.5, 0.6) is 0 Å². The highest BCUT2D eigenvalue weighted by molar-refractivity contribution is 7.89. The van der Waals surface area contributed by atoms with Crippen LogP contribution >= 0.6 is 0 Å². The Bertz CT molecular complexity index is 579. The zero-order valence-electron chi connectivity index (χ0n) is 11.2. The lowest BCUT2D eigenvalue weighted by molar-refractivity contribution is 0.263. The van der Waals surface area contributed by atoms with Gasteiger partial charge >= 0.3 is 0 Å². The number of fused-ring (bicyclic) bond motifs is 1. The molecule has 104 valence electrons. The Kier molecular flexibility index (Phi) is 3.27. The predicted octanol–water partition coefficient (Wildman–Crippen LogP) is 2.08. The fourth-order valence-electron chi connectivity index (χ4n) is 2.76. The molecule has 0 radical (unpaired) electrons. The highest BCUT2D eigenvalue weighted by atomic mass is 32.2. The fraction of sp³-hybridized carbons (Fsp3) is 0.571. The van der Waals surface area contributed by atoms with Gasteiger partial charge in [0.25, 0.3) is 0 Å². The Labute approximate surface area is 114 Å². The first-order valence-corrected chi connectivity index (χ1v) is 8.34. The summed E-state index contributed by atoms with van der Waals surface area (Å²) in [5.41, 5.74) is 2.18.